The highest BCUT2D eigenvalue weighted by molar-refractivity contribution is 4.93. The van der Waals surface area contributed by atoms with Gasteiger partial charge in [0.25, 0.3) is 0 Å². The molecule has 4 nitrogen and oxygen atoms in total. The van der Waals surface area contributed by atoms with Crippen molar-refractivity contribution in [2.45, 2.75) is 32.3 Å². The van der Waals surface area contributed by atoms with E-state index in [1.807, 2.05) is 13.2 Å². The fourth-order valence-corrected chi connectivity index (χ4v) is 0.944. The topological polar surface area (TPSA) is 50.9 Å². The summed E-state index contributed by atoms with van der Waals surface area (Å²) in [6.07, 6.45) is 3.36. The first-order valence-electron chi connectivity index (χ1n) is 4.05. The first-order valence-corrected chi connectivity index (χ1v) is 4.05. The predicted octanol–water partition coefficient (Wildman–Crippen LogP) is 0.519. The maximum atomic E-state index is 9.43. The number of rotatable bonds is 3. The van der Waals surface area contributed by atoms with E-state index in [-0.39, 0.29) is 0 Å². The molecule has 68 valence electrons. The van der Waals surface area contributed by atoms with Crippen LogP contribution in [0.4, 0.5) is 0 Å². The van der Waals surface area contributed by atoms with Crippen molar-refractivity contribution in [2.24, 2.45) is 7.05 Å². The van der Waals surface area contributed by atoms with Crippen LogP contribution in [0.2, 0.25) is 0 Å². The summed E-state index contributed by atoms with van der Waals surface area (Å²) in [4.78, 5) is 0. The van der Waals surface area contributed by atoms with Crippen molar-refractivity contribution in [1.82, 2.24) is 15.0 Å². The highest BCUT2D eigenvalue weighted by Gasteiger charge is 2.12. The van der Waals surface area contributed by atoms with Gasteiger partial charge in [-0.3, -0.25) is 4.68 Å². The van der Waals surface area contributed by atoms with E-state index in [0.717, 1.165) is 12.1 Å². The van der Waals surface area contributed by atoms with Crippen molar-refractivity contribution in [3.63, 3.8) is 0 Å². The fourth-order valence-electron chi connectivity index (χ4n) is 0.944. The molecule has 0 unspecified atom stereocenters. The first-order chi connectivity index (χ1) is 5.47. The molecule has 0 aromatic carbocycles. The molecule has 0 amide bonds. The van der Waals surface area contributed by atoms with E-state index in [4.69, 9.17) is 0 Å². The van der Waals surface area contributed by atoms with Crippen molar-refractivity contribution in [1.29, 1.82) is 0 Å². The normalized spacial score (nSPS) is 12.0. The van der Waals surface area contributed by atoms with E-state index in [1.54, 1.807) is 18.5 Å². The van der Waals surface area contributed by atoms with Gasteiger partial charge in [0.2, 0.25) is 0 Å². The average molecular weight is 169 g/mol. The minimum atomic E-state index is -0.614. The van der Waals surface area contributed by atoms with Crippen LogP contribution in [0.1, 0.15) is 26.0 Å². The van der Waals surface area contributed by atoms with Crippen LogP contribution >= 0.6 is 0 Å². The zero-order valence-electron chi connectivity index (χ0n) is 7.78. The monoisotopic (exact) mass is 169 g/mol. The maximum absolute atomic E-state index is 9.43. The third-order valence-electron chi connectivity index (χ3n) is 1.64. The Morgan fingerprint density at radius 3 is 2.67 bits per heavy atom. The molecule has 1 rings (SSSR count). The second-order valence-corrected chi connectivity index (χ2v) is 3.70. The Kier molecular flexibility index (Phi) is 2.47. The lowest BCUT2D eigenvalue weighted by atomic mass is 10.0. The van der Waals surface area contributed by atoms with Crippen LogP contribution in [-0.2, 0) is 13.5 Å². The SMILES string of the molecule is Cn1cc(CCC(C)(C)O)nn1. The zero-order valence-corrected chi connectivity index (χ0v) is 7.78. The molecule has 4 heteroatoms. The summed E-state index contributed by atoms with van der Waals surface area (Å²) in [7, 11) is 1.83. The fraction of sp³-hybridized carbons (Fsp3) is 0.750. The molecule has 1 N–H and O–H groups in total. The minimum absolute atomic E-state index is 0.614. The van der Waals surface area contributed by atoms with E-state index >= 15 is 0 Å². The molecular formula is C8H15N3O. The predicted molar refractivity (Wildman–Crippen MR) is 45.6 cm³/mol. The van der Waals surface area contributed by atoms with Crippen molar-refractivity contribution in [2.75, 3.05) is 0 Å². The molecule has 0 fully saturated rings. The van der Waals surface area contributed by atoms with Crippen LogP contribution in [0.3, 0.4) is 0 Å². The van der Waals surface area contributed by atoms with Gasteiger partial charge in [-0.15, -0.1) is 5.10 Å². The third-order valence-corrected chi connectivity index (χ3v) is 1.64. The van der Waals surface area contributed by atoms with Crippen molar-refractivity contribution in [3.8, 4) is 0 Å². The molecule has 0 aliphatic rings. The highest BCUT2D eigenvalue weighted by Crippen LogP contribution is 2.10. The summed E-state index contributed by atoms with van der Waals surface area (Å²) in [6.45, 7) is 3.59. The molecule has 0 atom stereocenters. The molecule has 0 aliphatic heterocycles. The van der Waals surface area contributed by atoms with E-state index in [2.05, 4.69) is 10.3 Å². The Balaban J connectivity index is 2.44. The van der Waals surface area contributed by atoms with Crippen LogP contribution in [0, 0.1) is 0 Å². The average Bonchev–Trinajstić information content (AvgIpc) is 2.30. The van der Waals surface area contributed by atoms with Gasteiger partial charge in [0, 0.05) is 13.2 Å². The second kappa shape index (κ2) is 3.23. The van der Waals surface area contributed by atoms with Crippen LogP contribution in [0.15, 0.2) is 6.20 Å². The minimum Gasteiger partial charge on any atom is -0.390 e. The summed E-state index contributed by atoms with van der Waals surface area (Å²) in [6, 6.07) is 0. The second-order valence-electron chi connectivity index (χ2n) is 3.70. The molecule has 0 aliphatic carbocycles. The number of aryl methyl sites for hydroxylation is 2. The van der Waals surface area contributed by atoms with E-state index in [1.165, 1.54) is 0 Å². The van der Waals surface area contributed by atoms with Gasteiger partial charge < -0.3 is 5.11 Å². The summed E-state index contributed by atoms with van der Waals surface area (Å²) in [5, 5.41) is 17.2. The molecule has 0 saturated heterocycles. The molecule has 1 aromatic rings. The van der Waals surface area contributed by atoms with Gasteiger partial charge in [-0.2, -0.15) is 0 Å². The lowest BCUT2D eigenvalue weighted by Crippen LogP contribution is -2.19. The van der Waals surface area contributed by atoms with Crippen molar-refractivity contribution >= 4 is 0 Å². The molecule has 1 aromatic heterocycles. The van der Waals surface area contributed by atoms with Crippen molar-refractivity contribution < 1.29 is 5.11 Å². The lowest BCUT2D eigenvalue weighted by molar-refractivity contribution is 0.0711. The van der Waals surface area contributed by atoms with Gasteiger partial charge in [0.15, 0.2) is 0 Å². The molecule has 1 heterocycles. The Morgan fingerprint density at radius 2 is 2.25 bits per heavy atom. The molecule has 0 radical (unpaired) electrons. The highest BCUT2D eigenvalue weighted by atomic mass is 16.3. The molecule has 0 bridgehead atoms. The number of aromatic nitrogens is 3. The largest absolute Gasteiger partial charge is 0.390 e. The van der Waals surface area contributed by atoms with Gasteiger partial charge in [0.1, 0.15) is 0 Å². The standard InChI is InChI=1S/C8H15N3O/c1-8(2,12)5-4-7-6-11(3)10-9-7/h6,12H,4-5H2,1-3H3. The molecular weight excluding hydrogens is 154 g/mol. The zero-order chi connectivity index (χ0) is 9.19. The van der Waals surface area contributed by atoms with Gasteiger partial charge in [-0.25, -0.2) is 0 Å². The number of aliphatic hydroxyl groups is 1. The summed E-state index contributed by atoms with van der Waals surface area (Å²) in [5.41, 5.74) is 0.317. The van der Waals surface area contributed by atoms with Crippen molar-refractivity contribution in [3.05, 3.63) is 11.9 Å². The Morgan fingerprint density at radius 1 is 1.58 bits per heavy atom. The van der Waals surface area contributed by atoms with Gasteiger partial charge in [-0.05, 0) is 26.7 Å². The van der Waals surface area contributed by atoms with E-state index in [0.29, 0.717) is 6.42 Å². The molecule has 0 spiro atoms. The van der Waals surface area contributed by atoms with E-state index < -0.39 is 5.60 Å². The first kappa shape index (κ1) is 9.19. The van der Waals surface area contributed by atoms with Crippen LogP contribution in [0.5, 0.6) is 0 Å². The van der Waals surface area contributed by atoms with E-state index in [9.17, 15) is 5.11 Å². The number of nitrogens with zero attached hydrogens (tertiary/aromatic N) is 3. The Hall–Kier alpha value is -0.900. The van der Waals surface area contributed by atoms with Crippen LogP contribution in [-0.4, -0.2) is 25.7 Å². The smallest absolute Gasteiger partial charge is 0.0828 e. The maximum Gasteiger partial charge on any atom is 0.0828 e. The Labute approximate surface area is 72.2 Å². The van der Waals surface area contributed by atoms with Gasteiger partial charge >= 0.3 is 0 Å². The van der Waals surface area contributed by atoms with Gasteiger partial charge in [-0.1, -0.05) is 5.21 Å². The summed E-state index contributed by atoms with van der Waals surface area (Å²) < 4.78 is 1.67. The lowest BCUT2D eigenvalue weighted by Gasteiger charge is -2.15. The van der Waals surface area contributed by atoms with Gasteiger partial charge in [0.05, 0.1) is 11.3 Å². The summed E-state index contributed by atoms with van der Waals surface area (Å²) in [5.74, 6) is 0. The van der Waals surface area contributed by atoms with Crippen LogP contribution < -0.4 is 0 Å². The Bertz CT molecular complexity index is 249. The summed E-state index contributed by atoms with van der Waals surface area (Å²) >= 11 is 0. The number of hydrogen-bond donors (Lipinski definition) is 1. The van der Waals surface area contributed by atoms with Crippen LogP contribution in [0.25, 0.3) is 0 Å². The molecule has 12 heavy (non-hydrogen) atoms. The third kappa shape index (κ3) is 3.00. The molecule has 0 saturated carbocycles. The number of hydrogen-bond acceptors (Lipinski definition) is 3. The quantitative estimate of drug-likeness (QED) is 0.717.